The largest absolute Gasteiger partial charge is 0.470 e. The third-order valence-corrected chi connectivity index (χ3v) is 4.70. The minimum Gasteiger partial charge on any atom is -0.470 e. The molecule has 7 heteroatoms. The van der Waals surface area contributed by atoms with Gasteiger partial charge in [0.05, 0.1) is 15.1 Å². The van der Waals surface area contributed by atoms with Crippen molar-refractivity contribution in [1.82, 2.24) is 0 Å². The van der Waals surface area contributed by atoms with Crippen molar-refractivity contribution in [2.45, 2.75) is 18.9 Å². The fraction of sp³-hybridized carbons (Fsp3) is 0.417. The van der Waals surface area contributed by atoms with E-state index in [1.807, 2.05) is 0 Å². The van der Waals surface area contributed by atoms with Crippen LogP contribution in [0.25, 0.3) is 0 Å². The zero-order chi connectivity index (χ0) is 14.8. The van der Waals surface area contributed by atoms with Gasteiger partial charge in [-0.2, -0.15) is 0 Å². The van der Waals surface area contributed by atoms with Crippen LogP contribution in [0.3, 0.4) is 0 Å². The van der Waals surface area contributed by atoms with Crippen molar-refractivity contribution < 1.29 is 9.53 Å². The van der Waals surface area contributed by atoms with Crippen LogP contribution in [0.4, 0.5) is 0 Å². The summed E-state index contributed by atoms with van der Waals surface area (Å²) in [6.07, 6.45) is 0. The molecule has 0 heterocycles. The predicted octanol–water partition coefficient (Wildman–Crippen LogP) is 5.58. The van der Waals surface area contributed by atoms with Gasteiger partial charge in [-0.1, -0.05) is 48.7 Å². The minimum atomic E-state index is -0.865. The zero-order valence-electron chi connectivity index (χ0n) is 10.1. The Balaban J connectivity index is 2.92. The third-order valence-electron chi connectivity index (χ3n) is 2.41. The summed E-state index contributed by atoms with van der Waals surface area (Å²) in [6.45, 7) is 3.47. The molecule has 1 aromatic rings. The number of alkyl halides is 2. The highest BCUT2D eigenvalue weighted by Crippen LogP contribution is 2.35. The Hall–Kier alpha value is 0.330. The van der Waals surface area contributed by atoms with Gasteiger partial charge in [0.25, 0.3) is 0 Å². The summed E-state index contributed by atoms with van der Waals surface area (Å²) in [6, 6.07) is 2.92. The minimum absolute atomic E-state index is 0.187. The molecule has 0 aliphatic heterocycles. The van der Waals surface area contributed by atoms with E-state index in [1.54, 1.807) is 13.8 Å². The lowest BCUT2D eigenvalue weighted by atomic mass is 9.91. The van der Waals surface area contributed by atoms with Crippen molar-refractivity contribution >= 4 is 68.1 Å². The Bertz CT molecular complexity index is 491. The van der Waals surface area contributed by atoms with E-state index < -0.39 is 10.4 Å². The Morgan fingerprint density at radius 2 is 1.79 bits per heavy atom. The van der Waals surface area contributed by atoms with Crippen LogP contribution in [-0.2, 0) is 4.79 Å². The molecule has 0 aromatic heterocycles. The lowest BCUT2D eigenvalue weighted by Crippen LogP contribution is -2.35. The van der Waals surface area contributed by atoms with Crippen LogP contribution in [0.2, 0.25) is 15.1 Å². The molecule has 19 heavy (non-hydrogen) atoms. The first-order chi connectivity index (χ1) is 8.69. The van der Waals surface area contributed by atoms with Crippen LogP contribution < -0.4 is 4.74 Å². The SMILES string of the molecule is CC(C)(CCl)C(=O)C(Br)Oc1cc(Cl)c(Cl)cc1Cl. The molecule has 2 nitrogen and oxygen atoms in total. The van der Waals surface area contributed by atoms with E-state index in [1.165, 1.54) is 12.1 Å². The number of benzene rings is 1. The molecule has 0 N–H and O–H groups in total. The summed E-state index contributed by atoms with van der Waals surface area (Å²) >= 11 is 26.6. The van der Waals surface area contributed by atoms with Crippen molar-refractivity contribution in [3.63, 3.8) is 0 Å². The number of ether oxygens (including phenoxy) is 1. The molecule has 1 aromatic carbocycles. The Morgan fingerprint density at radius 3 is 2.32 bits per heavy atom. The molecule has 106 valence electrons. The number of hydrogen-bond donors (Lipinski definition) is 0. The molecule has 0 radical (unpaired) electrons. The molecule has 0 saturated carbocycles. The van der Waals surface area contributed by atoms with Gasteiger partial charge in [-0.25, -0.2) is 0 Å². The fourth-order valence-corrected chi connectivity index (χ4v) is 2.67. The molecule has 0 amide bonds. The molecule has 0 bridgehead atoms. The van der Waals surface area contributed by atoms with Crippen LogP contribution in [0.15, 0.2) is 12.1 Å². The van der Waals surface area contributed by atoms with E-state index in [-0.39, 0.29) is 22.4 Å². The first kappa shape index (κ1) is 17.4. The average Bonchev–Trinajstić information content (AvgIpc) is 2.34. The molecule has 1 unspecified atom stereocenters. The Morgan fingerprint density at radius 1 is 1.26 bits per heavy atom. The van der Waals surface area contributed by atoms with Gasteiger partial charge >= 0.3 is 0 Å². The van der Waals surface area contributed by atoms with Gasteiger partial charge < -0.3 is 4.74 Å². The standard InChI is InChI=1S/C12H11BrCl4O2/c1-12(2,5-14)10(18)11(13)19-9-4-7(16)6(15)3-8(9)17/h3-4,11H,5H2,1-2H3. The smallest absolute Gasteiger partial charge is 0.211 e. The summed E-state index contributed by atoms with van der Waals surface area (Å²) < 4.78 is 5.46. The number of ketones is 1. The normalized spacial score (nSPS) is 13.2. The van der Waals surface area contributed by atoms with Gasteiger partial charge in [-0.3, -0.25) is 4.79 Å². The molecule has 1 rings (SSSR count). The van der Waals surface area contributed by atoms with Crippen molar-refractivity contribution in [2.75, 3.05) is 5.88 Å². The van der Waals surface area contributed by atoms with E-state index in [0.29, 0.717) is 10.0 Å². The molecule has 0 spiro atoms. The predicted molar refractivity (Wildman–Crippen MR) is 84.3 cm³/mol. The van der Waals surface area contributed by atoms with E-state index in [9.17, 15) is 4.79 Å². The van der Waals surface area contributed by atoms with Crippen LogP contribution in [0.1, 0.15) is 13.8 Å². The summed E-state index contributed by atoms with van der Waals surface area (Å²) in [5.74, 6) is 0.271. The highest BCUT2D eigenvalue weighted by atomic mass is 79.9. The van der Waals surface area contributed by atoms with E-state index in [2.05, 4.69) is 15.9 Å². The number of rotatable bonds is 5. The molecular weight excluding hydrogens is 398 g/mol. The number of carbonyl (C=O) groups is 1. The average molecular weight is 409 g/mol. The van der Waals surface area contributed by atoms with Crippen LogP contribution >= 0.6 is 62.3 Å². The number of carbonyl (C=O) groups excluding carboxylic acids is 1. The second-order valence-corrected chi connectivity index (χ2v) is 6.83. The maximum atomic E-state index is 12.1. The number of hydrogen-bond acceptors (Lipinski definition) is 2. The highest BCUT2D eigenvalue weighted by molar-refractivity contribution is 9.09. The lowest BCUT2D eigenvalue weighted by molar-refractivity contribution is -0.129. The van der Waals surface area contributed by atoms with Crippen molar-refractivity contribution in [2.24, 2.45) is 5.41 Å². The summed E-state index contributed by atoms with van der Waals surface area (Å²) in [5.41, 5.74) is -0.710. The second-order valence-electron chi connectivity index (χ2n) is 4.51. The molecule has 0 fully saturated rings. The third kappa shape index (κ3) is 4.40. The van der Waals surface area contributed by atoms with Crippen molar-refractivity contribution in [1.29, 1.82) is 0 Å². The quantitative estimate of drug-likeness (QED) is 0.469. The van der Waals surface area contributed by atoms with Crippen molar-refractivity contribution in [3.8, 4) is 5.75 Å². The second kappa shape index (κ2) is 6.86. The molecule has 0 aliphatic carbocycles. The monoisotopic (exact) mass is 406 g/mol. The van der Waals surface area contributed by atoms with Gasteiger partial charge in [-0.05, 0) is 22.0 Å². The topological polar surface area (TPSA) is 26.3 Å². The van der Waals surface area contributed by atoms with Gasteiger partial charge in [0, 0.05) is 17.4 Å². The Labute approximate surface area is 140 Å². The van der Waals surface area contributed by atoms with E-state index in [4.69, 9.17) is 51.1 Å². The first-order valence-electron chi connectivity index (χ1n) is 5.24. The van der Waals surface area contributed by atoms with Crippen LogP contribution in [-0.4, -0.2) is 16.7 Å². The van der Waals surface area contributed by atoms with E-state index >= 15 is 0 Å². The van der Waals surface area contributed by atoms with Crippen LogP contribution in [0.5, 0.6) is 5.75 Å². The molecule has 0 saturated heterocycles. The number of halogens is 5. The highest BCUT2D eigenvalue weighted by Gasteiger charge is 2.33. The van der Waals surface area contributed by atoms with Gasteiger partial charge in [0.1, 0.15) is 5.75 Å². The Kier molecular flexibility index (Phi) is 6.27. The lowest BCUT2D eigenvalue weighted by Gasteiger charge is -2.23. The van der Waals surface area contributed by atoms with Crippen LogP contribution in [0, 0.1) is 5.41 Å². The maximum Gasteiger partial charge on any atom is 0.211 e. The van der Waals surface area contributed by atoms with Gasteiger partial charge in [-0.15, -0.1) is 11.6 Å². The van der Waals surface area contributed by atoms with Crippen molar-refractivity contribution in [3.05, 3.63) is 27.2 Å². The van der Waals surface area contributed by atoms with Gasteiger partial charge in [0.15, 0.2) is 5.78 Å². The summed E-state index contributed by atoms with van der Waals surface area (Å²) in [7, 11) is 0. The summed E-state index contributed by atoms with van der Waals surface area (Å²) in [5, 5.41) is 0.0219. The molecule has 1 atom stereocenters. The molecule has 0 aliphatic rings. The van der Waals surface area contributed by atoms with E-state index in [0.717, 1.165) is 0 Å². The zero-order valence-corrected chi connectivity index (χ0v) is 14.8. The maximum absolute atomic E-state index is 12.1. The summed E-state index contributed by atoms with van der Waals surface area (Å²) in [4.78, 5) is 12.1. The van der Waals surface area contributed by atoms with Gasteiger partial charge in [0.2, 0.25) is 5.01 Å². The first-order valence-corrected chi connectivity index (χ1v) is 7.83. The molecular formula is C12H11BrCl4O2. The number of Topliss-reactive ketones (excluding diaryl/α,β-unsaturated/α-hetero) is 1. The fourth-order valence-electron chi connectivity index (χ4n) is 1.13.